The molecule has 0 spiro atoms. The first-order valence-electron chi connectivity index (χ1n) is 9.77. The fourth-order valence-electron chi connectivity index (χ4n) is 2.98. The Labute approximate surface area is 167 Å². The van der Waals surface area contributed by atoms with Gasteiger partial charge in [0.2, 0.25) is 0 Å². The number of carbonyl (C=O) groups excluding carboxylic acids is 1. The van der Waals surface area contributed by atoms with Gasteiger partial charge in [-0.25, -0.2) is 4.79 Å². The molecule has 0 saturated heterocycles. The second kappa shape index (κ2) is 10.0. The standard InChI is InChI=1S/C21H33N5O2/c1-15-8-6-9-17-18(15)16(14-26-17)10-13-24-19(22-5)23-11-7-12-25-20(27)28-21(2,3)4/h6,8-9,14,26H,7,10-13H2,1-5H3,(H,25,27)(H2,22,23,24). The molecule has 0 atom stereocenters. The molecule has 28 heavy (non-hydrogen) atoms. The Morgan fingerprint density at radius 2 is 1.86 bits per heavy atom. The van der Waals surface area contributed by atoms with E-state index in [1.165, 1.54) is 22.0 Å². The maximum Gasteiger partial charge on any atom is 0.407 e. The number of aromatic nitrogens is 1. The van der Waals surface area contributed by atoms with E-state index >= 15 is 0 Å². The van der Waals surface area contributed by atoms with Crippen LogP contribution in [-0.4, -0.2) is 49.3 Å². The average Bonchev–Trinajstić information content (AvgIpc) is 3.03. The second-order valence-corrected chi connectivity index (χ2v) is 7.77. The van der Waals surface area contributed by atoms with Gasteiger partial charge in [-0.15, -0.1) is 0 Å². The minimum Gasteiger partial charge on any atom is -0.444 e. The molecule has 0 radical (unpaired) electrons. The molecule has 0 saturated carbocycles. The molecule has 1 aromatic heterocycles. The number of nitrogens with zero attached hydrogens (tertiary/aromatic N) is 1. The van der Waals surface area contributed by atoms with Crippen molar-refractivity contribution in [3.05, 3.63) is 35.5 Å². The number of aryl methyl sites for hydroxylation is 1. The van der Waals surface area contributed by atoms with Gasteiger partial charge in [-0.3, -0.25) is 4.99 Å². The number of aliphatic imine (C=N–C) groups is 1. The van der Waals surface area contributed by atoms with Crippen LogP contribution in [-0.2, 0) is 11.2 Å². The first-order chi connectivity index (χ1) is 13.3. The number of rotatable bonds is 7. The first-order valence-corrected chi connectivity index (χ1v) is 9.77. The van der Waals surface area contributed by atoms with E-state index in [1.54, 1.807) is 7.05 Å². The third-order valence-electron chi connectivity index (χ3n) is 4.22. The first kappa shape index (κ1) is 21.6. The highest BCUT2D eigenvalue weighted by molar-refractivity contribution is 5.86. The number of aromatic amines is 1. The Hall–Kier alpha value is -2.70. The molecule has 1 heterocycles. The van der Waals surface area contributed by atoms with Crippen molar-refractivity contribution in [1.29, 1.82) is 0 Å². The number of benzene rings is 1. The van der Waals surface area contributed by atoms with Crippen LogP contribution >= 0.6 is 0 Å². The minimum absolute atomic E-state index is 0.385. The molecule has 0 fully saturated rings. The van der Waals surface area contributed by atoms with E-state index in [9.17, 15) is 4.79 Å². The van der Waals surface area contributed by atoms with Crippen molar-refractivity contribution in [3.8, 4) is 0 Å². The third kappa shape index (κ3) is 6.79. The average molecular weight is 388 g/mol. The molecule has 154 valence electrons. The lowest BCUT2D eigenvalue weighted by Crippen LogP contribution is -2.40. The quantitative estimate of drug-likeness (QED) is 0.334. The smallest absolute Gasteiger partial charge is 0.407 e. The molecule has 1 aromatic carbocycles. The third-order valence-corrected chi connectivity index (χ3v) is 4.22. The highest BCUT2D eigenvalue weighted by atomic mass is 16.6. The van der Waals surface area contributed by atoms with Crippen LogP contribution in [0.1, 0.15) is 38.3 Å². The summed E-state index contributed by atoms with van der Waals surface area (Å²) in [5.41, 5.74) is 3.29. The molecule has 7 nitrogen and oxygen atoms in total. The van der Waals surface area contributed by atoms with Gasteiger partial charge in [0, 0.05) is 43.8 Å². The molecule has 2 aromatic rings. The molecule has 0 aliphatic carbocycles. The molecule has 1 amide bonds. The highest BCUT2D eigenvalue weighted by Crippen LogP contribution is 2.22. The van der Waals surface area contributed by atoms with E-state index in [4.69, 9.17) is 4.74 Å². The van der Waals surface area contributed by atoms with Crippen molar-refractivity contribution >= 4 is 23.0 Å². The van der Waals surface area contributed by atoms with Crippen molar-refractivity contribution in [3.63, 3.8) is 0 Å². The number of fused-ring (bicyclic) bond motifs is 1. The number of guanidine groups is 1. The number of H-pyrrole nitrogens is 1. The number of hydrogen-bond donors (Lipinski definition) is 4. The number of alkyl carbamates (subject to hydrolysis) is 1. The second-order valence-electron chi connectivity index (χ2n) is 7.77. The van der Waals surface area contributed by atoms with E-state index in [1.807, 2.05) is 20.8 Å². The maximum absolute atomic E-state index is 11.6. The summed E-state index contributed by atoms with van der Waals surface area (Å²) < 4.78 is 5.20. The summed E-state index contributed by atoms with van der Waals surface area (Å²) in [7, 11) is 1.75. The Kier molecular flexibility index (Phi) is 7.72. The van der Waals surface area contributed by atoms with Crippen molar-refractivity contribution in [1.82, 2.24) is 20.9 Å². The van der Waals surface area contributed by atoms with Crippen LogP contribution in [0.15, 0.2) is 29.4 Å². The largest absolute Gasteiger partial charge is 0.444 e. The van der Waals surface area contributed by atoms with Gasteiger partial charge in [-0.2, -0.15) is 0 Å². The number of hydrogen-bond acceptors (Lipinski definition) is 3. The van der Waals surface area contributed by atoms with Crippen LogP contribution in [0.25, 0.3) is 10.9 Å². The highest BCUT2D eigenvalue weighted by Gasteiger charge is 2.15. The molecule has 0 bridgehead atoms. The van der Waals surface area contributed by atoms with Crippen LogP contribution in [0.5, 0.6) is 0 Å². The zero-order chi connectivity index (χ0) is 20.6. The zero-order valence-corrected chi connectivity index (χ0v) is 17.6. The zero-order valence-electron chi connectivity index (χ0n) is 17.6. The predicted molar refractivity (Wildman–Crippen MR) is 115 cm³/mol. The summed E-state index contributed by atoms with van der Waals surface area (Å²) in [5.74, 6) is 0.758. The summed E-state index contributed by atoms with van der Waals surface area (Å²) in [6.45, 7) is 9.73. The number of carbonyl (C=O) groups is 1. The molecule has 0 unspecified atom stereocenters. The molecular weight excluding hydrogens is 354 g/mol. The fourth-order valence-corrected chi connectivity index (χ4v) is 2.98. The SMILES string of the molecule is CN=C(NCCCNC(=O)OC(C)(C)C)NCCc1c[nH]c2cccc(C)c12. The van der Waals surface area contributed by atoms with Crippen LogP contribution in [0.2, 0.25) is 0 Å². The molecular formula is C21H33N5O2. The molecule has 4 N–H and O–H groups in total. The number of nitrogens with one attached hydrogen (secondary N) is 4. The van der Waals surface area contributed by atoms with Gasteiger partial charge in [-0.1, -0.05) is 12.1 Å². The fraction of sp³-hybridized carbons (Fsp3) is 0.524. The Morgan fingerprint density at radius 3 is 2.57 bits per heavy atom. The van der Waals surface area contributed by atoms with E-state index in [2.05, 4.69) is 57.2 Å². The van der Waals surface area contributed by atoms with E-state index < -0.39 is 5.60 Å². The van der Waals surface area contributed by atoms with Crippen LogP contribution < -0.4 is 16.0 Å². The Morgan fingerprint density at radius 1 is 1.14 bits per heavy atom. The van der Waals surface area contributed by atoms with Crippen LogP contribution in [0.3, 0.4) is 0 Å². The van der Waals surface area contributed by atoms with Gasteiger partial charge in [0.05, 0.1) is 0 Å². The lowest BCUT2D eigenvalue weighted by molar-refractivity contribution is 0.0527. The van der Waals surface area contributed by atoms with Crippen LogP contribution in [0.4, 0.5) is 4.79 Å². The Balaban J connectivity index is 1.67. The molecule has 0 aliphatic heterocycles. The van der Waals surface area contributed by atoms with Crippen LogP contribution in [0, 0.1) is 6.92 Å². The predicted octanol–water partition coefficient (Wildman–Crippen LogP) is 3.10. The maximum atomic E-state index is 11.6. The molecule has 0 aliphatic rings. The van der Waals surface area contributed by atoms with Crippen molar-refractivity contribution in [2.45, 2.75) is 46.1 Å². The topological polar surface area (TPSA) is 90.5 Å². The summed E-state index contributed by atoms with van der Waals surface area (Å²) in [6, 6.07) is 6.31. The van der Waals surface area contributed by atoms with Gasteiger partial charge >= 0.3 is 6.09 Å². The van der Waals surface area contributed by atoms with Crippen molar-refractivity contribution in [2.24, 2.45) is 4.99 Å². The van der Waals surface area contributed by atoms with Gasteiger partial charge in [0.25, 0.3) is 0 Å². The van der Waals surface area contributed by atoms with Gasteiger partial charge in [0.15, 0.2) is 5.96 Å². The molecule has 2 rings (SSSR count). The summed E-state index contributed by atoms with van der Waals surface area (Å²) in [5, 5.41) is 10.7. The van der Waals surface area contributed by atoms with Gasteiger partial charge in [-0.05, 0) is 57.7 Å². The lowest BCUT2D eigenvalue weighted by Gasteiger charge is -2.19. The van der Waals surface area contributed by atoms with E-state index in [-0.39, 0.29) is 6.09 Å². The molecule has 7 heteroatoms. The van der Waals surface area contributed by atoms with Gasteiger partial charge in [0.1, 0.15) is 5.60 Å². The van der Waals surface area contributed by atoms with Gasteiger partial charge < -0.3 is 25.7 Å². The Bertz CT molecular complexity index is 805. The summed E-state index contributed by atoms with van der Waals surface area (Å²) >= 11 is 0. The summed E-state index contributed by atoms with van der Waals surface area (Å²) in [4.78, 5) is 19.2. The van der Waals surface area contributed by atoms with Crippen molar-refractivity contribution in [2.75, 3.05) is 26.7 Å². The minimum atomic E-state index is -0.475. The monoisotopic (exact) mass is 387 g/mol. The number of amides is 1. The van der Waals surface area contributed by atoms with E-state index in [0.29, 0.717) is 13.1 Å². The normalized spacial score (nSPS) is 12.1. The summed E-state index contributed by atoms with van der Waals surface area (Å²) in [6.07, 6.45) is 3.38. The number of ether oxygens (including phenoxy) is 1. The lowest BCUT2D eigenvalue weighted by atomic mass is 10.1. The van der Waals surface area contributed by atoms with Crippen molar-refractivity contribution < 1.29 is 9.53 Å². The van der Waals surface area contributed by atoms with E-state index in [0.717, 1.165) is 25.3 Å².